The number of rotatable bonds is 3. The lowest BCUT2D eigenvalue weighted by atomic mass is 9.64. The van der Waals surface area contributed by atoms with E-state index >= 15 is 0 Å². The standard InChI is InChI=1S/C26H27F5.C2H6/c1-16-2-7-20-13-17(5-8-19(20)12-16)3-4-18-6-9-22-21(14-18)15-24(27)23(25(22)28)10-11-26(29,30)31;1-2/h6,9,14-17,19-20H,2-5,7-8,12-13H2,1H3;1-2H3. The molecule has 0 bridgehead atoms. The third-order valence-corrected chi connectivity index (χ3v) is 7.25. The van der Waals surface area contributed by atoms with E-state index in [-0.39, 0.29) is 5.39 Å². The van der Waals surface area contributed by atoms with Crippen molar-refractivity contribution in [2.75, 3.05) is 0 Å². The topological polar surface area (TPSA) is 0 Å². The summed E-state index contributed by atoms with van der Waals surface area (Å²) in [5.74, 6) is 3.73. The Balaban J connectivity index is 0.00000149. The first kappa shape index (κ1) is 25.5. The minimum atomic E-state index is -4.80. The van der Waals surface area contributed by atoms with Gasteiger partial charge in [-0.2, -0.15) is 13.2 Å². The first-order valence-corrected chi connectivity index (χ1v) is 12.2. The summed E-state index contributed by atoms with van der Waals surface area (Å²) in [4.78, 5) is 0. The van der Waals surface area contributed by atoms with Gasteiger partial charge in [0.25, 0.3) is 0 Å². The molecule has 4 unspecified atom stereocenters. The smallest absolute Gasteiger partial charge is 0.205 e. The quantitative estimate of drug-likeness (QED) is 0.314. The van der Waals surface area contributed by atoms with E-state index in [1.165, 1.54) is 44.6 Å². The van der Waals surface area contributed by atoms with Crippen LogP contribution in [-0.4, -0.2) is 6.18 Å². The fourth-order valence-corrected chi connectivity index (χ4v) is 5.64. The van der Waals surface area contributed by atoms with Gasteiger partial charge in [0.05, 0.1) is 5.56 Å². The fraction of sp³-hybridized carbons (Fsp3) is 0.571. The number of aryl methyl sites for hydroxylation is 1. The molecule has 0 heterocycles. The molecule has 0 aliphatic heterocycles. The minimum absolute atomic E-state index is 0.0912. The molecule has 2 aromatic rings. The summed E-state index contributed by atoms with van der Waals surface area (Å²) in [6, 6.07) is 6.14. The zero-order valence-electron chi connectivity index (χ0n) is 19.7. The maximum absolute atomic E-state index is 14.6. The van der Waals surface area contributed by atoms with Crippen molar-refractivity contribution in [3.63, 3.8) is 0 Å². The average molecular weight is 465 g/mol. The first-order chi connectivity index (χ1) is 15.7. The van der Waals surface area contributed by atoms with E-state index in [1.807, 2.05) is 13.8 Å². The van der Waals surface area contributed by atoms with Crippen molar-refractivity contribution in [3.05, 3.63) is 47.0 Å². The summed E-state index contributed by atoms with van der Waals surface area (Å²) < 4.78 is 65.7. The molecule has 2 fully saturated rings. The van der Waals surface area contributed by atoms with Gasteiger partial charge in [-0.25, -0.2) is 8.78 Å². The Morgan fingerprint density at radius 3 is 2.36 bits per heavy atom. The molecule has 0 saturated heterocycles. The zero-order valence-corrected chi connectivity index (χ0v) is 19.7. The zero-order chi connectivity index (χ0) is 24.2. The highest BCUT2D eigenvalue weighted by molar-refractivity contribution is 5.85. The summed E-state index contributed by atoms with van der Waals surface area (Å²) in [5, 5.41) is 0.448. The summed E-state index contributed by atoms with van der Waals surface area (Å²) in [7, 11) is 0. The molecule has 0 aromatic heterocycles. The van der Waals surface area contributed by atoms with Gasteiger partial charge in [0.2, 0.25) is 0 Å². The van der Waals surface area contributed by atoms with Crippen LogP contribution in [0.25, 0.3) is 10.8 Å². The van der Waals surface area contributed by atoms with E-state index in [9.17, 15) is 22.0 Å². The number of alkyl halides is 3. The van der Waals surface area contributed by atoms with Gasteiger partial charge in [-0.1, -0.05) is 57.7 Å². The van der Waals surface area contributed by atoms with Crippen LogP contribution in [0.5, 0.6) is 0 Å². The fourth-order valence-electron chi connectivity index (χ4n) is 5.64. The van der Waals surface area contributed by atoms with Gasteiger partial charge in [0.15, 0.2) is 0 Å². The van der Waals surface area contributed by atoms with Crippen LogP contribution < -0.4 is 0 Å². The SMILES string of the molecule is CC.CC1CCC2CC(CCc3ccc4c(F)c(C#CC(F)(F)F)c(F)cc4c3)CCC2C1. The first-order valence-electron chi connectivity index (χ1n) is 12.2. The Labute approximate surface area is 194 Å². The maximum atomic E-state index is 14.6. The van der Waals surface area contributed by atoms with E-state index in [0.717, 1.165) is 48.1 Å². The Morgan fingerprint density at radius 2 is 1.64 bits per heavy atom. The van der Waals surface area contributed by atoms with Crippen LogP contribution in [0.4, 0.5) is 22.0 Å². The van der Waals surface area contributed by atoms with Crippen LogP contribution in [0.1, 0.15) is 76.8 Å². The molecule has 0 amide bonds. The molecule has 4 atom stereocenters. The van der Waals surface area contributed by atoms with Gasteiger partial charge >= 0.3 is 6.18 Å². The van der Waals surface area contributed by atoms with Gasteiger partial charge in [0.1, 0.15) is 11.6 Å². The van der Waals surface area contributed by atoms with Gasteiger partial charge in [-0.15, -0.1) is 0 Å². The Hall–Kier alpha value is -2.09. The van der Waals surface area contributed by atoms with E-state index in [1.54, 1.807) is 18.1 Å². The van der Waals surface area contributed by atoms with E-state index < -0.39 is 23.4 Å². The molecule has 180 valence electrons. The molecule has 0 N–H and O–H groups in total. The predicted octanol–water partition coefficient (Wildman–Crippen LogP) is 8.84. The molecule has 2 aromatic carbocycles. The van der Waals surface area contributed by atoms with Crippen molar-refractivity contribution in [2.45, 2.75) is 78.3 Å². The van der Waals surface area contributed by atoms with E-state index in [2.05, 4.69) is 6.92 Å². The minimum Gasteiger partial charge on any atom is -0.205 e. The largest absolute Gasteiger partial charge is 0.458 e. The van der Waals surface area contributed by atoms with Crippen molar-refractivity contribution in [1.29, 1.82) is 0 Å². The highest BCUT2D eigenvalue weighted by atomic mass is 19.4. The molecular weight excluding hydrogens is 431 g/mol. The Bertz CT molecular complexity index is 1010. The lowest BCUT2D eigenvalue weighted by molar-refractivity contribution is -0.0696. The Kier molecular flexibility index (Phi) is 8.43. The lowest BCUT2D eigenvalue weighted by Crippen LogP contribution is -2.30. The normalized spacial score (nSPS) is 24.8. The molecule has 33 heavy (non-hydrogen) atoms. The van der Waals surface area contributed by atoms with Gasteiger partial charge in [0, 0.05) is 11.3 Å². The van der Waals surface area contributed by atoms with Gasteiger partial charge in [-0.05, 0) is 79.2 Å². The van der Waals surface area contributed by atoms with Crippen LogP contribution in [0.3, 0.4) is 0 Å². The summed E-state index contributed by atoms with van der Waals surface area (Å²) in [6.45, 7) is 6.36. The molecule has 2 aliphatic rings. The molecule has 0 radical (unpaired) electrons. The Morgan fingerprint density at radius 1 is 0.939 bits per heavy atom. The second-order valence-electron chi connectivity index (χ2n) is 9.51. The third-order valence-electron chi connectivity index (χ3n) is 7.25. The molecule has 0 spiro atoms. The molecule has 2 aliphatic carbocycles. The summed E-state index contributed by atoms with van der Waals surface area (Å²) in [5.41, 5.74) is 0.163. The third kappa shape index (κ3) is 6.49. The molecular formula is C28H33F5. The monoisotopic (exact) mass is 464 g/mol. The van der Waals surface area contributed by atoms with Crippen LogP contribution in [-0.2, 0) is 6.42 Å². The van der Waals surface area contributed by atoms with Crippen LogP contribution >= 0.6 is 0 Å². The molecule has 5 heteroatoms. The molecule has 4 rings (SSSR count). The van der Waals surface area contributed by atoms with Crippen molar-refractivity contribution in [3.8, 4) is 11.8 Å². The van der Waals surface area contributed by atoms with Crippen molar-refractivity contribution >= 4 is 10.8 Å². The molecule has 0 nitrogen and oxygen atoms in total. The summed E-state index contributed by atoms with van der Waals surface area (Å²) in [6.07, 6.45) is 5.01. The number of halogens is 5. The number of hydrogen-bond donors (Lipinski definition) is 0. The number of hydrogen-bond acceptors (Lipinski definition) is 0. The van der Waals surface area contributed by atoms with Crippen molar-refractivity contribution < 1.29 is 22.0 Å². The average Bonchev–Trinajstić information content (AvgIpc) is 2.78. The van der Waals surface area contributed by atoms with Crippen LogP contribution in [0.15, 0.2) is 24.3 Å². The van der Waals surface area contributed by atoms with Crippen molar-refractivity contribution in [2.24, 2.45) is 23.7 Å². The van der Waals surface area contributed by atoms with E-state index in [4.69, 9.17) is 0 Å². The number of fused-ring (bicyclic) bond motifs is 2. The predicted molar refractivity (Wildman–Crippen MR) is 124 cm³/mol. The lowest BCUT2D eigenvalue weighted by Gasteiger charge is -2.41. The van der Waals surface area contributed by atoms with Crippen LogP contribution in [0.2, 0.25) is 0 Å². The van der Waals surface area contributed by atoms with Gasteiger partial charge < -0.3 is 0 Å². The van der Waals surface area contributed by atoms with Crippen molar-refractivity contribution in [1.82, 2.24) is 0 Å². The summed E-state index contributed by atoms with van der Waals surface area (Å²) >= 11 is 0. The second kappa shape index (κ2) is 10.9. The molecule has 2 saturated carbocycles. The highest BCUT2D eigenvalue weighted by Gasteiger charge is 2.34. The van der Waals surface area contributed by atoms with Crippen LogP contribution in [0, 0.1) is 47.1 Å². The number of benzene rings is 2. The van der Waals surface area contributed by atoms with E-state index in [0.29, 0.717) is 11.3 Å². The van der Waals surface area contributed by atoms with Gasteiger partial charge in [-0.3, -0.25) is 0 Å². The highest BCUT2D eigenvalue weighted by Crippen LogP contribution is 2.45. The maximum Gasteiger partial charge on any atom is 0.458 e. The second-order valence-corrected chi connectivity index (χ2v) is 9.51.